The van der Waals surface area contributed by atoms with Gasteiger partial charge in [-0.05, 0) is 49.2 Å². The van der Waals surface area contributed by atoms with Crippen LogP contribution in [-0.2, 0) is 14.8 Å². The predicted molar refractivity (Wildman–Crippen MR) is 110 cm³/mol. The smallest absolute Gasteiger partial charge is 0.258 e. The fraction of sp³-hybridized carbons (Fsp3) is 0.316. The number of amides is 1. The number of ether oxygens (including phenoxy) is 1. The maximum Gasteiger partial charge on any atom is 0.258 e. The number of nitrogens with one attached hydrogen (secondary N) is 2. The van der Waals surface area contributed by atoms with Crippen molar-refractivity contribution in [1.29, 1.82) is 0 Å². The Morgan fingerprint density at radius 2 is 1.82 bits per heavy atom. The summed E-state index contributed by atoms with van der Waals surface area (Å²) < 4.78 is 32.1. The molecule has 0 radical (unpaired) electrons. The first-order valence-corrected chi connectivity index (χ1v) is 10.9. The average Bonchev–Trinajstić information content (AvgIpc) is 2.65. The SMILES string of the molecule is CCCNS(=O)(=O)c1ccc(OCC(=O)N[C@H](C)c2ccc(Cl)cc2)c(Cl)c1. The maximum absolute atomic E-state index is 12.1. The van der Waals surface area contributed by atoms with E-state index in [0.717, 1.165) is 5.56 Å². The molecule has 0 aliphatic rings. The van der Waals surface area contributed by atoms with Gasteiger partial charge in [0.05, 0.1) is 16.0 Å². The van der Waals surface area contributed by atoms with Gasteiger partial charge in [-0.2, -0.15) is 0 Å². The molecule has 0 fully saturated rings. The summed E-state index contributed by atoms with van der Waals surface area (Å²) in [7, 11) is -3.62. The van der Waals surface area contributed by atoms with E-state index in [4.69, 9.17) is 27.9 Å². The van der Waals surface area contributed by atoms with Crippen LogP contribution < -0.4 is 14.8 Å². The largest absolute Gasteiger partial charge is 0.482 e. The molecular formula is C19H22Cl2N2O4S. The molecule has 0 aliphatic heterocycles. The first-order chi connectivity index (χ1) is 13.2. The fourth-order valence-electron chi connectivity index (χ4n) is 2.35. The van der Waals surface area contributed by atoms with Crippen LogP contribution in [0, 0.1) is 0 Å². The Balaban J connectivity index is 1.94. The molecule has 152 valence electrons. The molecule has 0 aliphatic carbocycles. The van der Waals surface area contributed by atoms with Crippen LogP contribution in [0.5, 0.6) is 5.75 Å². The minimum absolute atomic E-state index is 0.0408. The number of hydrogen-bond acceptors (Lipinski definition) is 4. The van der Waals surface area contributed by atoms with Crippen LogP contribution in [0.4, 0.5) is 0 Å². The van der Waals surface area contributed by atoms with Gasteiger partial charge >= 0.3 is 0 Å². The van der Waals surface area contributed by atoms with E-state index in [-0.39, 0.29) is 34.2 Å². The quantitative estimate of drug-likeness (QED) is 0.613. The Bertz CT molecular complexity index is 918. The van der Waals surface area contributed by atoms with Crippen LogP contribution in [0.15, 0.2) is 47.4 Å². The Morgan fingerprint density at radius 1 is 1.14 bits per heavy atom. The summed E-state index contributed by atoms with van der Waals surface area (Å²) in [5.74, 6) is -0.106. The number of rotatable bonds is 9. The van der Waals surface area contributed by atoms with E-state index in [9.17, 15) is 13.2 Å². The van der Waals surface area contributed by atoms with E-state index in [0.29, 0.717) is 18.0 Å². The summed E-state index contributed by atoms with van der Waals surface area (Å²) in [6.07, 6.45) is 0.678. The summed E-state index contributed by atoms with van der Waals surface area (Å²) in [6.45, 7) is 3.80. The van der Waals surface area contributed by atoms with Crippen LogP contribution in [0.1, 0.15) is 31.9 Å². The first-order valence-electron chi connectivity index (χ1n) is 8.69. The average molecular weight is 445 g/mol. The van der Waals surface area contributed by atoms with Crippen molar-refractivity contribution in [3.05, 3.63) is 58.1 Å². The van der Waals surface area contributed by atoms with Gasteiger partial charge in [0.1, 0.15) is 5.75 Å². The molecule has 0 heterocycles. The van der Waals surface area contributed by atoms with Crippen molar-refractivity contribution >= 4 is 39.1 Å². The summed E-state index contributed by atoms with van der Waals surface area (Å²) in [6, 6.07) is 11.0. The second kappa shape index (κ2) is 10.1. The highest BCUT2D eigenvalue weighted by Crippen LogP contribution is 2.27. The molecule has 0 aromatic heterocycles. The third-order valence-corrected chi connectivity index (χ3v) is 5.87. The Morgan fingerprint density at radius 3 is 2.43 bits per heavy atom. The molecule has 2 aromatic rings. The number of carbonyl (C=O) groups excluding carboxylic acids is 1. The lowest BCUT2D eigenvalue weighted by molar-refractivity contribution is -0.123. The summed E-state index contributed by atoms with van der Waals surface area (Å²) >= 11 is 12.0. The second-order valence-corrected chi connectivity index (χ2v) is 8.73. The van der Waals surface area contributed by atoms with Crippen molar-refractivity contribution in [2.24, 2.45) is 0 Å². The van der Waals surface area contributed by atoms with E-state index in [1.807, 2.05) is 26.0 Å². The number of carbonyl (C=O) groups is 1. The van der Waals surface area contributed by atoms with Gasteiger partial charge in [-0.3, -0.25) is 4.79 Å². The number of halogens is 2. The van der Waals surface area contributed by atoms with Crippen molar-refractivity contribution in [2.45, 2.75) is 31.2 Å². The standard InChI is InChI=1S/C19H22Cl2N2O4S/c1-3-10-22-28(25,26)16-8-9-18(17(21)11-16)27-12-19(24)23-13(2)14-4-6-15(20)7-5-14/h4-9,11,13,22H,3,10,12H2,1-2H3,(H,23,24)/t13-/m1/s1. The van der Waals surface area contributed by atoms with Crippen molar-refractivity contribution in [2.75, 3.05) is 13.2 Å². The van der Waals surface area contributed by atoms with Gasteiger partial charge in [0.25, 0.3) is 5.91 Å². The molecule has 0 saturated heterocycles. The van der Waals surface area contributed by atoms with E-state index in [2.05, 4.69) is 10.0 Å². The Kier molecular flexibility index (Phi) is 8.12. The van der Waals surface area contributed by atoms with Gasteiger partial charge in [0.15, 0.2) is 6.61 Å². The third-order valence-electron chi connectivity index (χ3n) is 3.86. The molecule has 6 nitrogen and oxygen atoms in total. The van der Waals surface area contributed by atoms with Crippen molar-refractivity contribution < 1.29 is 17.9 Å². The van der Waals surface area contributed by atoms with Crippen LogP contribution >= 0.6 is 23.2 Å². The number of benzene rings is 2. The molecule has 1 amide bonds. The van der Waals surface area contributed by atoms with Crippen LogP contribution in [0.2, 0.25) is 10.0 Å². The van der Waals surface area contributed by atoms with Crippen molar-refractivity contribution in [1.82, 2.24) is 10.0 Å². The van der Waals surface area contributed by atoms with Crippen LogP contribution in [-0.4, -0.2) is 27.5 Å². The molecule has 2 aromatic carbocycles. The lowest BCUT2D eigenvalue weighted by Crippen LogP contribution is -2.31. The van der Waals surface area contributed by atoms with Crippen molar-refractivity contribution in [3.63, 3.8) is 0 Å². The second-order valence-electron chi connectivity index (χ2n) is 6.12. The predicted octanol–water partition coefficient (Wildman–Crippen LogP) is 3.94. The maximum atomic E-state index is 12.1. The van der Waals surface area contributed by atoms with Gasteiger partial charge in [-0.15, -0.1) is 0 Å². The molecule has 28 heavy (non-hydrogen) atoms. The Hall–Kier alpha value is -1.80. The highest BCUT2D eigenvalue weighted by Gasteiger charge is 2.16. The Labute approximate surface area is 175 Å². The zero-order valence-electron chi connectivity index (χ0n) is 15.5. The zero-order chi connectivity index (χ0) is 20.7. The van der Waals surface area contributed by atoms with Crippen LogP contribution in [0.25, 0.3) is 0 Å². The highest BCUT2D eigenvalue weighted by atomic mass is 35.5. The van der Waals surface area contributed by atoms with Gasteiger partial charge < -0.3 is 10.1 Å². The van der Waals surface area contributed by atoms with E-state index >= 15 is 0 Å². The molecule has 0 spiro atoms. The lowest BCUT2D eigenvalue weighted by Gasteiger charge is -2.15. The molecule has 2 rings (SSSR count). The number of hydrogen-bond donors (Lipinski definition) is 2. The van der Waals surface area contributed by atoms with E-state index < -0.39 is 10.0 Å². The molecule has 0 saturated carbocycles. The molecular weight excluding hydrogens is 423 g/mol. The van der Waals surface area contributed by atoms with Gasteiger partial charge in [-0.1, -0.05) is 42.3 Å². The van der Waals surface area contributed by atoms with Gasteiger partial charge in [-0.25, -0.2) is 13.1 Å². The van der Waals surface area contributed by atoms with Crippen molar-refractivity contribution in [3.8, 4) is 5.75 Å². The molecule has 1 atom stereocenters. The minimum Gasteiger partial charge on any atom is -0.482 e. The normalized spacial score (nSPS) is 12.4. The summed E-state index contributed by atoms with van der Waals surface area (Å²) in [4.78, 5) is 12.2. The van der Waals surface area contributed by atoms with Gasteiger partial charge in [0.2, 0.25) is 10.0 Å². The van der Waals surface area contributed by atoms with Gasteiger partial charge in [0, 0.05) is 11.6 Å². The highest BCUT2D eigenvalue weighted by molar-refractivity contribution is 7.89. The first kappa shape index (κ1) is 22.5. The summed E-state index contributed by atoms with van der Waals surface area (Å²) in [5, 5.41) is 3.54. The fourth-order valence-corrected chi connectivity index (χ4v) is 3.93. The van der Waals surface area contributed by atoms with Crippen LogP contribution in [0.3, 0.4) is 0 Å². The molecule has 0 bridgehead atoms. The minimum atomic E-state index is -3.62. The lowest BCUT2D eigenvalue weighted by atomic mass is 10.1. The summed E-state index contributed by atoms with van der Waals surface area (Å²) in [5.41, 5.74) is 0.907. The molecule has 2 N–H and O–H groups in total. The van der Waals surface area contributed by atoms with E-state index in [1.54, 1.807) is 12.1 Å². The van der Waals surface area contributed by atoms with E-state index in [1.165, 1.54) is 18.2 Å². The topological polar surface area (TPSA) is 84.5 Å². The molecule has 0 unspecified atom stereocenters. The molecule has 9 heteroatoms. The zero-order valence-corrected chi connectivity index (χ0v) is 17.9. The number of sulfonamides is 1. The monoisotopic (exact) mass is 444 g/mol. The third kappa shape index (κ3) is 6.38.